The van der Waals surface area contributed by atoms with Crippen LogP contribution in [0.2, 0.25) is 10.0 Å². The third-order valence-corrected chi connectivity index (χ3v) is 6.16. The Labute approximate surface area is 217 Å². The summed E-state index contributed by atoms with van der Waals surface area (Å²) in [5.74, 6) is -0.677. The number of carbonyl (C=O) groups excluding carboxylic acids is 2. The van der Waals surface area contributed by atoms with E-state index in [0.717, 1.165) is 25.2 Å². The largest absolute Gasteiger partial charge is 0.619 e. The van der Waals surface area contributed by atoms with Gasteiger partial charge in [-0.05, 0) is 48.6 Å². The lowest BCUT2D eigenvalue weighted by molar-refractivity contribution is -0.605. The molecule has 4 rings (SSSR count). The van der Waals surface area contributed by atoms with Crippen molar-refractivity contribution in [3.63, 3.8) is 0 Å². The van der Waals surface area contributed by atoms with E-state index in [0.29, 0.717) is 34.1 Å². The van der Waals surface area contributed by atoms with Gasteiger partial charge in [-0.25, -0.2) is 0 Å². The van der Waals surface area contributed by atoms with Crippen LogP contribution >= 0.6 is 23.2 Å². The van der Waals surface area contributed by atoms with Gasteiger partial charge in [0.2, 0.25) is 0 Å². The molecule has 1 heterocycles. The minimum Gasteiger partial charge on any atom is -0.619 e. The number of rotatable bonds is 10. The summed E-state index contributed by atoms with van der Waals surface area (Å²) >= 11 is 12.5. The Hall–Kier alpha value is -3.49. The maximum Gasteiger partial charge on any atom is 0.322 e. The van der Waals surface area contributed by atoms with Gasteiger partial charge in [0.05, 0.1) is 6.61 Å². The van der Waals surface area contributed by atoms with E-state index in [9.17, 15) is 19.9 Å². The van der Waals surface area contributed by atoms with Crippen molar-refractivity contribution < 1.29 is 33.6 Å². The average Bonchev–Trinajstić information content (AvgIpc) is 3.65. The van der Waals surface area contributed by atoms with Gasteiger partial charge in [0.15, 0.2) is 23.9 Å². The summed E-state index contributed by atoms with van der Waals surface area (Å²) in [5, 5.41) is 22.1. The van der Waals surface area contributed by atoms with Crippen molar-refractivity contribution in [2.24, 2.45) is 5.92 Å². The zero-order valence-corrected chi connectivity index (χ0v) is 20.6. The number of aromatic nitrogens is 1. The van der Waals surface area contributed by atoms with Gasteiger partial charge in [0.25, 0.3) is 0 Å². The summed E-state index contributed by atoms with van der Waals surface area (Å²) in [6.45, 7) is 0.465. The molecule has 1 fully saturated rings. The normalized spacial score (nSPS) is 13.6. The molecule has 188 valence electrons. The number of hydrogen-bond acceptors (Lipinski definition) is 7. The number of hydrogen-bond donors (Lipinski definition) is 1. The quantitative estimate of drug-likeness (QED) is 0.130. The fourth-order valence-electron chi connectivity index (χ4n) is 3.45. The Morgan fingerprint density at radius 1 is 1.06 bits per heavy atom. The SMILES string of the molecule is O=C(CC(=O)O[C@@H](Cc1c(Cl)c[n+]([O-])cc1Cl)c1ccc(O)c(OCC2CC2)c1)Oc1ccccc1. The number of phenols is 1. The third-order valence-electron chi connectivity index (χ3n) is 5.51. The third kappa shape index (κ3) is 7.02. The summed E-state index contributed by atoms with van der Waals surface area (Å²) in [7, 11) is 0. The van der Waals surface area contributed by atoms with Crippen LogP contribution in [-0.4, -0.2) is 23.7 Å². The Kier molecular flexibility index (Phi) is 8.18. The number of halogens is 2. The van der Waals surface area contributed by atoms with Crippen LogP contribution in [0, 0.1) is 11.1 Å². The van der Waals surface area contributed by atoms with Gasteiger partial charge >= 0.3 is 11.9 Å². The van der Waals surface area contributed by atoms with Crippen molar-refractivity contribution in [1.82, 2.24) is 0 Å². The predicted octanol–water partition coefficient (Wildman–Crippen LogP) is 4.94. The molecule has 0 spiro atoms. The van der Waals surface area contributed by atoms with Gasteiger partial charge in [0, 0.05) is 12.0 Å². The predicted molar refractivity (Wildman–Crippen MR) is 131 cm³/mol. The monoisotopic (exact) mass is 531 g/mol. The van der Waals surface area contributed by atoms with Crippen LogP contribution in [0.1, 0.15) is 36.5 Å². The molecule has 1 N–H and O–H groups in total. The number of para-hydroxylation sites is 1. The molecular formula is C26H23Cl2NO7. The second-order valence-electron chi connectivity index (χ2n) is 8.42. The molecule has 0 aliphatic heterocycles. The highest BCUT2D eigenvalue weighted by Crippen LogP contribution is 2.36. The van der Waals surface area contributed by atoms with Gasteiger partial charge in [-0.1, -0.05) is 47.5 Å². The first-order chi connectivity index (χ1) is 17.3. The highest BCUT2D eigenvalue weighted by molar-refractivity contribution is 6.35. The summed E-state index contributed by atoms with van der Waals surface area (Å²) in [4.78, 5) is 24.9. The van der Waals surface area contributed by atoms with Crippen molar-refractivity contribution in [1.29, 1.82) is 0 Å². The number of pyridine rings is 1. The molecule has 8 nitrogen and oxygen atoms in total. The average molecular weight is 532 g/mol. The number of ether oxygens (including phenoxy) is 3. The Morgan fingerprint density at radius 2 is 1.75 bits per heavy atom. The first kappa shape index (κ1) is 25.6. The smallest absolute Gasteiger partial charge is 0.322 e. The molecule has 0 radical (unpaired) electrons. The van der Waals surface area contributed by atoms with Gasteiger partial charge in [-0.3, -0.25) is 9.59 Å². The van der Waals surface area contributed by atoms with Gasteiger partial charge in [-0.15, -0.1) is 0 Å². The van der Waals surface area contributed by atoms with Crippen LogP contribution < -0.4 is 14.2 Å². The molecule has 0 amide bonds. The first-order valence-corrected chi connectivity index (χ1v) is 12.0. The number of phenolic OH excluding ortho intramolecular Hbond substituents is 1. The number of nitrogens with zero attached hydrogens (tertiary/aromatic N) is 1. The van der Waals surface area contributed by atoms with Crippen molar-refractivity contribution in [2.45, 2.75) is 31.8 Å². The van der Waals surface area contributed by atoms with Crippen molar-refractivity contribution in [2.75, 3.05) is 6.61 Å². The Bertz CT molecular complexity index is 1230. The number of aromatic hydroxyl groups is 1. The molecule has 10 heteroatoms. The minimum atomic E-state index is -0.955. The van der Waals surface area contributed by atoms with E-state index >= 15 is 0 Å². The minimum absolute atomic E-state index is 0.00478. The van der Waals surface area contributed by atoms with Crippen LogP contribution in [0.3, 0.4) is 0 Å². The topological polar surface area (TPSA) is 109 Å². The van der Waals surface area contributed by atoms with Crippen LogP contribution in [0.4, 0.5) is 0 Å². The van der Waals surface area contributed by atoms with Gasteiger partial charge < -0.3 is 24.5 Å². The lowest BCUT2D eigenvalue weighted by atomic mass is 10.0. The Balaban J connectivity index is 1.54. The van der Waals surface area contributed by atoms with E-state index in [4.69, 9.17) is 37.4 Å². The fourth-order valence-corrected chi connectivity index (χ4v) is 4.05. The molecule has 0 saturated heterocycles. The van der Waals surface area contributed by atoms with Gasteiger partial charge in [0.1, 0.15) is 28.3 Å². The Morgan fingerprint density at radius 3 is 2.42 bits per heavy atom. The van der Waals surface area contributed by atoms with E-state index in [2.05, 4.69) is 0 Å². The van der Waals surface area contributed by atoms with Crippen LogP contribution in [0.25, 0.3) is 0 Å². The molecule has 2 aromatic carbocycles. The summed E-state index contributed by atoms with van der Waals surface area (Å²) < 4.78 is 17.0. The molecular weight excluding hydrogens is 509 g/mol. The molecule has 0 bridgehead atoms. The van der Waals surface area contributed by atoms with E-state index in [1.165, 1.54) is 6.07 Å². The highest BCUT2D eigenvalue weighted by Gasteiger charge is 2.26. The zero-order chi connectivity index (χ0) is 25.7. The fraction of sp³-hybridized carbons (Fsp3) is 0.269. The molecule has 1 atom stereocenters. The second-order valence-corrected chi connectivity index (χ2v) is 9.23. The van der Waals surface area contributed by atoms with E-state index in [1.54, 1.807) is 42.5 Å². The molecule has 1 saturated carbocycles. The van der Waals surface area contributed by atoms with Crippen molar-refractivity contribution >= 4 is 35.1 Å². The number of esters is 2. The second kappa shape index (κ2) is 11.5. The maximum atomic E-state index is 12.7. The van der Waals surface area contributed by atoms with Crippen LogP contribution in [0.15, 0.2) is 60.9 Å². The molecule has 1 aromatic heterocycles. The van der Waals surface area contributed by atoms with Crippen molar-refractivity contribution in [3.8, 4) is 17.2 Å². The van der Waals surface area contributed by atoms with Crippen molar-refractivity contribution in [3.05, 3.63) is 87.3 Å². The van der Waals surface area contributed by atoms with E-state index in [-0.39, 0.29) is 28.0 Å². The van der Waals surface area contributed by atoms with Gasteiger partial charge in [-0.2, -0.15) is 4.73 Å². The molecule has 1 aliphatic rings. The van der Waals surface area contributed by atoms with Crippen LogP contribution in [0.5, 0.6) is 17.2 Å². The first-order valence-electron chi connectivity index (χ1n) is 11.3. The molecule has 1 aliphatic carbocycles. The highest BCUT2D eigenvalue weighted by atomic mass is 35.5. The van der Waals surface area contributed by atoms with E-state index in [1.807, 2.05) is 0 Å². The lowest BCUT2D eigenvalue weighted by Crippen LogP contribution is -2.26. The molecule has 3 aromatic rings. The summed E-state index contributed by atoms with van der Waals surface area (Å²) in [6, 6.07) is 12.9. The number of benzene rings is 2. The number of carbonyl (C=O) groups is 2. The molecule has 36 heavy (non-hydrogen) atoms. The summed E-state index contributed by atoms with van der Waals surface area (Å²) in [6.07, 6.45) is 2.84. The lowest BCUT2D eigenvalue weighted by Gasteiger charge is -2.20. The maximum absolute atomic E-state index is 12.7. The molecule has 0 unspecified atom stereocenters. The standard InChI is InChI=1S/C26H23Cl2NO7/c27-20-13-29(33)14-21(28)19(20)11-23(17-8-9-22(30)24(10-17)34-15-16-6-7-16)36-26(32)12-25(31)35-18-4-2-1-3-5-18/h1-5,8-10,13-14,16,23,30H,6-7,11-12,15H2/t23-/m0/s1. The zero-order valence-electron chi connectivity index (χ0n) is 19.1. The van der Waals surface area contributed by atoms with Crippen LogP contribution in [-0.2, 0) is 20.7 Å². The van der Waals surface area contributed by atoms with E-state index < -0.39 is 24.5 Å². The summed E-state index contributed by atoms with van der Waals surface area (Å²) in [5.41, 5.74) is 0.859.